The van der Waals surface area contributed by atoms with Crippen LogP contribution in [0.15, 0.2) is 328 Å². The van der Waals surface area contributed by atoms with Crippen LogP contribution in [0.4, 0.5) is 68.2 Å². The van der Waals surface area contributed by atoms with Crippen LogP contribution in [0.25, 0.3) is 54.2 Å². The summed E-state index contributed by atoms with van der Waals surface area (Å²) in [6.45, 7) is 0. The predicted molar refractivity (Wildman–Crippen MR) is 341 cm³/mol. The highest BCUT2D eigenvalue weighted by Crippen LogP contribution is 2.43. The van der Waals surface area contributed by atoms with Gasteiger partial charge >= 0.3 is 0 Å². The maximum Gasteiger partial charge on any atom is 0.0468 e. The minimum Gasteiger partial charge on any atom is -0.310 e. The molecule has 0 heterocycles. The van der Waals surface area contributed by atoms with Crippen molar-refractivity contribution in [3.63, 3.8) is 0 Å². The van der Waals surface area contributed by atoms with Gasteiger partial charge in [0.15, 0.2) is 0 Å². The van der Waals surface area contributed by atoms with E-state index in [1.807, 2.05) is 0 Å². The summed E-state index contributed by atoms with van der Waals surface area (Å²) in [6, 6.07) is 118. The number of hydrogen-bond donors (Lipinski definition) is 0. The molecule has 0 saturated carbocycles. The number of nitrogens with zero attached hydrogens (tertiary/aromatic N) is 4. The van der Waals surface area contributed by atoms with Crippen molar-refractivity contribution in [2.45, 2.75) is 0 Å². The minimum absolute atomic E-state index is 1.08. The van der Waals surface area contributed by atoms with E-state index in [-0.39, 0.29) is 0 Å². The summed E-state index contributed by atoms with van der Waals surface area (Å²) in [6.07, 6.45) is 0. The Bertz CT molecular complexity index is 4180. The summed E-state index contributed by atoms with van der Waals surface area (Å²) >= 11 is 0. The molecule has 0 spiro atoms. The lowest BCUT2D eigenvalue weighted by molar-refractivity contribution is 1.28. The molecule has 0 saturated heterocycles. The molecular formula is C76H54N4. The first-order chi connectivity index (χ1) is 39.6. The van der Waals surface area contributed by atoms with E-state index in [4.69, 9.17) is 0 Å². The Balaban J connectivity index is 0.751. The van der Waals surface area contributed by atoms with Crippen LogP contribution in [0.1, 0.15) is 0 Å². The summed E-state index contributed by atoms with van der Waals surface area (Å²) in [5.74, 6) is 0. The van der Waals surface area contributed by atoms with Crippen molar-refractivity contribution < 1.29 is 0 Å². The maximum absolute atomic E-state index is 2.35. The van der Waals surface area contributed by atoms with Crippen molar-refractivity contribution in [2.24, 2.45) is 0 Å². The number of benzene rings is 14. The fourth-order valence-electron chi connectivity index (χ4n) is 11.3. The van der Waals surface area contributed by atoms with Gasteiger partial charge in [-0.3, -0.25) is 0 Å². The number of para-hydroxylation sites is 4. The van der Waals surface area contributed by atoms with Gasteiger partial charge in [0.1, 0.15) is 0 Å². The molecule has 80 heavy (non-hydrogen) atoms. The van der Waals surface area contributed by atoms with E-state index >= 15 is 0 Å². The van der Waals surface area contributed by atoms with E-state index in [9.17, 15) is 0 Å². The van der Waals surface area contributed by atoms with Crippen molar-refractivity contribution in [1.29, 1.82) is 0 Å². The van der Waals surface area contributed by atoms with E-state index in [0.717, 1.165) is 79.4 Å². The highest BCUT2D eigenvalue weighted by molar-refractivity contribution is 5.97. The van der Waals surface area contributed by atoms with Crippen molar-refractivity contribution >= 4 is 111 Å². The van der Waals surface area contributed by atoms with Gasteiger partial charge in [0.2, 0.25) is 0 Å². The summed E-state index contributed by atoms with van der Waals surface area (Å²) in [5, 5.41) is 9.56. The van der Waals surface area contributed by atoms with Gasteiger partial charge in [0.25, 0.3) is 0 Å². The minimum atomic E-state index is 1.08. The van der Waals surface area contributed by atoms with Crippen molar-refractivity contribution in [3.05, 3.63) is 328 Å². The van der Waals surface area contributed by atoms with E-state index in [0.29, 0.717) is 0 Å². The van der Waals surface area contributed by atoms with Crippen LogP contribution >= 0.6 is 0 Å². The average molecular weight is 1020 g/mol. The predicted octanol–water partition coefficient (Wildman–Crippen LogP) is 21.8. The molecule has 0 N–H and O–H groups in total. The smallest absolute Gasteiger partial charge is 0.0468 e. The van der Waals surface area contributed by atoms with Crippen molar-refractivity contribution in [1.82, 2.24) is 0 Å². The SMILES string of the molecule is c1ccc(N(c2ccc(-c3ccc(N(c4ccccc4)c4ccc5cc(N(c6ccccc6)c6ccc7ccccc7c6)ccc5c4)cc3)cc2)c2ccc3cc(N(c4ccccc4)c4ccc5ccccc5c4)ccc3c2)cc1. The second kappa shape index (κ2) is 21.0. The van der Waals surface area contributed by atoms with Crippen LogP contribution in [-0.2, 0) is 0 Å². The first-order valence-corrected chi connectivity index (χ1v) is 27.3. The van der Waals surface area contributed by atoms with Crippen LogP contribution in [-0.4, -0.2) is 0 Å². The van der Waals surface area contributed by atoms with Crippen LogP contribution in [0.5, 0.6) is 0 Å². The molecule has 0 amide bonds. The molecule has 14 aromatic carbocycles. The van der Waals surface area contributed by atoms with Crippen LogP contribution in [0.3, 0.4) is 0 Å². The molecule has 0 atom stereocenters. The lowest BCUT2D eigenvalue weighted by Crippen LogP contribution is -2.10. The molecule has 0 aromatic heterocycles. The molecule has 378 valence electrons. The normalized spacial score (nSPS) is 11.2. The van der Waals surface area contributed by atoms with Gasteiger partial charge in [-0.05, 0) is 200 Å². The van der Waals surface area contributed by atoms with E-state index in [1.54, 1.807) is 0 Å². The third-order valence-corrected chi connectivity index (χ3v) is 15.3. The Morgan fingerprint density at radius 3 is 0.562 bits per heavy atom. The van der Waals surface area contributed by atoms with E-state index < -0.39 is 0 Å². The molecule has 14 rings (SSSR count). The fraction of sp³-hybridized carbons (Fsp3) is 0. The van der Waals surface area contributed by atoms with Crippen LogP contribution in [0.2, 0.25) is 0 Å². The average Bonchev–Trinajstić information content (AvgIpc) is 3.53. The summed E-state index contributed by atoms with van der Waals surface area (Å²) in [5.41, 5.74) is 15.5. The van der Waals surface area contributed by atoms with Gasteiger partial charge in [0.05, 0.1) is 0 Å². The first kappa shape index (κ1) is 47.7. The van der Waals surface area contributed by atoms with Gasteiger partial charge in [0, 0.05) is 68.2 Å². The fourth-order valence-corrected chi connectivity index (χ4v) is 11.3. The number of hydrogen-bond acceptors (Lipinski definition) is 4. The zero-order valence-electron chi connectivity index (χ0n) is 44.0. The number of anilines is 12. The molecule has 0 aliphatic rings. The van der Waals surface area contributed by atoms with E-state index in [2.05, 4.69) is 347 Å². The van der Waals surface area contributed by atoms with Gasteiger partial charge in [-0.1, -0.05) is 182 Å². The van der Waals surface area contributed by atoms with Gasteiger partial charge < -0.3 is 19.6 Å². The number of rotatable bonds is 13. The summed E-state index contributed by atoms with van der Waals surface area (Å²) in [7, 11) is 0. The molecule has 0 aliphatic carbocycles. The molecule has 14 aromatic rings. The van der Waals surface area contributed by atoms with Crippen LogP contribution < -0.4 is 19.6 Å². The zero-order chi connectivity index (χ0) is 53.2. The maximum atomic E-state index is 2.35. The lowest BCUT2D eigenvalue weighted by Gasteiger charge is -2.27. The molecular weight excluding hydrogens is 969 g/mol. The van der Waals surface area contributed by atoms with Crippen molar-refractivity contribution in [3.8, 4) is 11.1 Å². The first-order valence-electron chi connectivity index (χ1n) is 27.3. The second-order valence-corrected chi connectivity index (χ2v) is 20.3. The Kier molecular flexibility index (Phi) is 12.6. The second-order valence-electron chi connectivity index (χ2n) is 20.3. The molecule has 0 radical (unpaired) electrons. The van der Waals surface area contributed by atoms with Gasteiger partial charge in [-0.25, -0.2) is 0 Å². The molecule has 0 unspecified atom stereocenters. The summed E-state index contributed by atoms with van der Waals surface area (Å²) in [4.78, 5) is 9.38. The molecule has 0 fully saturated rings. The summed E-state index contributed by atoms with van der Waals surface area (Å²) < 4.78 is 0. The van der Waals surface area contributed by atoms with Gasteiger partial charge in [-0.2, -0.15) is 0 Å². The molecule has 4 heteroatoms. The van der Waals surface area contributed by atoms with Crippen molar-refractivity contribution in [2.75, 3.05) is 19.6 Å². The molecule has 0 bridgehead atoms. The topological polar surface area (TPSA) is 13.0 Å². The lowest BCUT2D eigenvalue weighted by atomic mass is 10.0. The molecule has 0 aliphatic heterocycles. The highest BCUT2D eigenvalue weighted by atomic mass is 15.2. The largest absolute Gasteiger partial charge is 0.310 e. The highest BCUT2D eigenvalue weighted by Gasteiger charge is 2.19. The zero-order valence-corrected chi connectivity index (χ0v) is 44.0. The Labute approximate surface area is 467 Å². The monoisotopic (exact) mass is 1020 g/mol. The third-order valence-electron chi connectivity index (χ3n) is 15.3. The molecule has 4 nitrogen and oxygen atoms in total. The van der Waals surface area contributed by atoms with E-state index in [1.165, 1.54) is 43.1 Å². The number of fused-ring (bicyclic) bond motifs is 4. The Morgan fingerprint density at radius 1 is 0.125 bits per heavy atom. The third kappa shape index (κ3) is 9.42. The van der Waals surface area contributed by atoms with Crippen LogP contribution in [0, 0.1) is 0 Å². The quantitative estimate of drug-likeness (QED) is 0.114. The Morgan fingerprint density at radius 2 is 0.300 bits per heavy atom. The van der Waals surface area contributed by atoms with Gasteiger partial charge in [-0.15, -0.1) is 0 Å². The Hall–Kier alpha value is -10.7. The standard InChI is InChI=1S/C76H54N4/c1-5-21-65(22-6-1)77(71-45-35-63-53-75(47-37-61(63)51-71)79(67-25-9-3-10-26-67)73-43-33-55-17-13-15-19-59(55)49-73)69-39-29-57(30-40-69)58-31-41-70(42-32-58)78(66-23-7-2-8-24-66)72-46-36-64-54-76(48-38-62(64)52-72)80(68-27-11-4-12-28-68)74-44-34-56-18-14-16-20-60(56)50-74/h1-54H.